The lowest BCUT2D eigenvalue weighted by Gasteiger charge is -2.21. The molecule has 0 bridgehead atoms. The number of thiophene rings is 1. The Morgan fingerprint density at radius 3 is 3.00 bits per heavy atom. The van der Waals surface area contributed by atoms with E-state index in [0.717, 1.165) is 12.1 Å². The molecule has 19 heavy (non-hydrogen) atoms. The Balaban J connectivity index is 1.78. The second kappa shape index (κ2) is 4.85. The van der Waals surface area contributed by atoms with Gasteiger partial charge in [0.05, 0.1) is 0 Å². The predicted octanol–water partition coefficient (Wildman–Crippen LogP) is 2.16. The highest BCUT2D eigenvalue weighted by atomic mass is 32.1. The lowest BCUT2D eigenvalue weighted by atomic mass is 9.90. The number of ketones is 1. The number of aromatic nitrogens is 2. The smallest absolute Gasteiger partial charge is 0.219 e. The van der Waals surface area contributed by atoms with Crippen LogP contribution in [-0.4, -0.2) is 16.1 Å². The number of nitrogens with one attached hydrogen (secondary N) is 1. The summed E-state index contributed by atoms with van der Waals surface area (Å²) in [6, 6.07) is 4.05. The lowest BCUT2D eigenvalue weighted by molar-refractivity contribution is -0.115. The first kappa shape index (κ1) is 11.9. The molecule has 0 aliphatic heterocycles. The van der Waals surface area contributed by atoms with Gasteiger partial charge < -0.3 is 11.1 Å². The molecule has 1 atom stereocenters. The zero-order valence-corrected chi connectivity index (χ0v) is 10.8. The molecule has 2 aromatic rings. The summed E-state index contributed by atoms with van der Waals surface area (Å²) >= 11 is 1.67. The van der Waals surface area contributed by atoms with Crippen molar-refractivity contribution in [3.05, 3.63) is 34.2 Å². The van der Waals surface area contributed by atoms with E-state index in [2.05, 4.69) is 26.3 Å². The molecular formula is C12H12N4O2S. The Morgan fingerprint density at radius 2 is 2.32 bits per heavy atom. The van der Waals surface area contributed by atoms with Crippen molar-refractivity contribution in [2.45, 2.75) is 18.8 Å². The van der Waals surface area contributed by atoms with Gasteiger partial charge in [0, 0.05) is 29.0 Å². The maximum atomic E-state index is 11.8. The van der Waals surface area contributed by atoms with Crippen LogP contribution in [-0.2, 0) is 4.79 Å². The Labute approximate surface area is 113 Å². The van der Waals surface area contributed by atoms with Crippen LogP contribution >= 0.6 is 11.3 Å². The number of rotatable bonds is 3. The van der Waals surface area contributed by atoms with E-state index in [1.54, 1.807) is 17.4 Å². The Bertz CT molecular complexity index is 617. The summed E-state index contributed by atoms with van der Waals surface area (Å²) in [6.07, 6.45) is 2.88. The first-order chi connectivity index (χ1) is 9.22. The molecule has 2 aromatic heterocycles. The van der Waals surface area contributed by atoms with Crippen molar-refractivity contribution in [3.8, 4) is 0 Å². The Kier molecular flexibility index (Phi) is 3.04. The van der Waals surface area contributed by atoms with Gasteiger partial charge in [0.2, 0.25) is 11.6 Å². The van der Waals surface area contributed by atoms with Crippen molar-refractivity contribution in [1.29, 1.82) is 0 Å². The average Bonchev–Trinajstić information content (AvgIpc) is 3.01. The molecule has 0 unspecified atom stereocenters. The Hall–Kier alpha value is -2.15. The number of hydrogen-bond donors (Lipinski definition) is 2. The zero-order chi connectivity index (χ0) is 13.2. The maximum absolute atomic E-state index is 11.8. The molecule has 0 spiro atoms. The van der Waals surface area contributed by atoms with Gasteiger partial charge in [-0.2, -0.15) is 0 Å². The van der Waals surface area contributed by atoms with Gasteiger partial charge in [-0.25, -0.2) is 4.63 Å². The number of anilines is 2. The van der Waals surface area contributed by atoms with Crippen LogP contribution in [0.15, 0.2) is 33.9 Å². The molecule has 0 radical (unpaired) electrons. The highest BCUT2D eigenvalue weighted by molar-refractivity contribution is 7.10. The van der Waals surface area contributed by atoms with Gasteiger partial charge >= 0.3 is 0 Å². The molecule has 0 saturated carbocycles. The lowest BCUT2D eigenvalue weighted by Crippen LogP contribution is -2.16. The van der Waals surface area contributed by atoms with E-state index in [1.165, 1.54) is 4.88 Å². The fraction of sp³-hybridized carbons (Fsp3) is 0.250. The molecule has 0 amide bonds. The highest BCUT2D eigenvalue weighted by Gasteiger charge is 2.24. The van der Waals surface area contributed by atoms with Crippen molar-refractivity contribution in [1.82, 2.24) is 10.3 Å². The van der Waals surface area contributed by atoms with Crippen molar-refractivity contribution in [2.24, 2.45) is 0 Å². The molecule has 7 heteroatoms. The van der Waals surface area contributed by atoms with Crippen molar-refractivity contribution in [2.75, 3.05) is 11.1 Å². The van der Waals surface area contributed by atoms with Crippen LogP contribution < -0.4 is 11.1 Å². The van der Waals surface area contributed by atoms with Gasteiger partial charge in [-0.05, 0) is 28.2 Å². The van der Waals surface area contributed by atoms with E-state index in [0.29, 0.717) is 12.2 Å². The normalized spacial score (nSPS) is 19.3. The zero-order valence-electron chi connectivity index (χ0n) is 10.00. The minimum atomic E-state index is 0.0992. The van der Waals surface area contributed by atoms with Gasteiger partial charge in [-0.15, -0.1) is 11.3 Å². The quantitative estimate of drug-likeness (QED) is 0.892. The van der Waals surface area contributed by atoms with Crippen LogP contribution in [0.25, 0.3) is 0 Å². The first-order valence-electron chi connectivity index (χ1n) is 5.84. The molecule has 3 N–H and O–H groups in total. The van der Waals surface area contributed by atoms with Crippen LogP contribution in [0, 0.1) is 0 Å². The largest absolute Gasteiger partial charge is 0.378 e. The van der Waals surface area contributed by atoms with Crippen LogP contribution in [0.3, 0.4) is 0 Å². The molecule has 2 heterocycles. The number of nitrogens with zero attached hydrogens (tertiary/aromatic N) is 2. The topological polar surface area (TPSA) is 94.0 Å². The van der Waals surface area contributed by atoms with Gasteiger partial charge in [-0.3, -0.25) is 4.79 Å². The number of carbonyl (C=O) groups excluding carboxylic acids is 1. The molecule has 0 saturated heterocycles. The number of hydrogen-bond acceptors (Lipinski definition) is 7. The summed E-state index contributed by atoms with van der Waals surface area (Å²) in [7, 11) is 0. The van der Waals surface area contributed by atoms with E-state index in [1.807, 2.05) is 11.4 Å². The molecule has 98 valence electrons. The second-order valence-corrected chi connectivity index (χ2v) is 5.36. The summed E-state index contributed by atoms with van der Waals surface area (Å²) in [4.78, 5) is 13.0. The summed E-state index contributed by atoms with van der Waals surface area (Å²) in [5.74, 6) is 0.848. The molecule has 0 aromatic carbocycles. The third kappa shape index (κ3) is 2.50. The van der Waals surface area contributed by atoms with Gasteiger partial charge in [0.25, 0.3) is 0 Å². The van der Waals surface area contributed by atoms with Crippen LogP contribution in [0.1, 0.15) is 23.6 Å². The van der Waals surface area contributed by atoms with E-state index >= 15 is 0 Å². The standard InChI is InChI=1S/C12H12N4O2S/c13-11-12(16-18-15-11)14-8-4-7(5-9(17)6-8)10-2-1-3-19-10/h1-3,6-7H,4-5H2,(H2,13,15)(H,14,16)/t7-/m1/s1. The summed E-state index contributed by atoms with van der Waals surface area (Å²) in [5, 5.41) is 12.2. The van der Waals surface area contributed by atoms with Gasteiger partial charge in [0.15, 0.2) is 5.78 Å². The van der Waals surface area contributed by atoms with E-state index in [4.69, 9.17) is 5.73 Å². The van der Waals surface area contributed by atoms with E-state index < -0.39 is 0 Å². The molecule has 1 aliphatic rings. The van der Waals surface area contributed by atoms with Crippen molar-refractivity contribution in [3.63, 3.8) is 0 Å². The molecule has 3 rings (SSSR count). The van der Waals surface area contributed by atoms with E-state index in [-0.39, 0.29) is 17.5 Å². The van der Waals surface area contributed by atoms with Crippen LogP contribution in [0.2, 0.25) is 0 Å². The average molecular weight is 276 g/mol. The van der Waals surface area contributed by atoms with Crippen LogP contribution in [0.4, 0.5) is 11.6 Å². The fourth-order valence-electron chi connectivity index (χ4n) is 2.14. The summed E-state index contributed by atoms with van der Waals surface area (Å²) < 4.78 is 4.52. The van der Waals surface area contributed by atoms with Gasteiger partial charge in [-0.1, -0.05) is 6.07 Å². The van der Waals surface area contributed by atoms with Crippen molar-refractivity contribution >= 4 is 28.8 Å². The summed E-state index contributed by atoms with van der Waals surface area (Å²) in [6.45, 7) is 0. The number of nitrogen functional groups attached to an aromatic ring is 1. The third-order valence-electron chi connectivity index (χ3n) is 2.99. The number of allylic oxidation sites excluding steroid dienone is 2. The molecule has 1 aliphatic carbocycles. The van der Waals surface area contributed by atoms with Crippen LogP contribution in [0.5, 0.6) is 0 Å². The molecule has 6 nitrogen and oxygen atoms in total. The minimum absolute atomic E-state index is 0.0992. The molecular weight excluding hydrogens is 264 g/mol. The maximum Gasteiger partial charge on any atom is 0.219 e. The fourth-order valence-corrected chi connectivity index (χ4v) is 2.97. The number of carbonyl (C=O) groups is 1. The third-order valence-corrected chi connectivity index (χ3v) is 4.02. The number of nitrogens with two attached hydrogens (primary N) is 1. The Morgan fingerprint density at radius 1 is 1.42 bits per heavy atom. The minimum Gasteiger partial charge on any atom is -0.378 e. The second-order valence-electron chi connectivity index (χ2n) is 4.38. The predicted molar refractivity (Wildman–Crippen MR) is 71.7 cm³/mol. The highest BCUT2D eigenvalue weighted by Crippen LogP contribution is 2.34. The van der Waals surface area contributed by atoms with Gasteiger partial charge in [0.1, 0.15) is 0 Å². The molecule has 0 fully saturated rings. The van der Waals surface area contributed by atoms with E-state index in [9.17, 15) is 4.79 Å². The SMILES string of the molecule is Nc1nonc1NC1=CC(=O)C[C@H](c2cccs2)C1. The monoisotopic (exact) mass is 276 g/mol. The summed E-state index contributed by atoms with van der Waals surface area (Å²) in [5.41, 5.74) is 6.37. The first-order valence-corrected chi connectivity index (χ1v) is 6.72. The van der Waals surface area contributed by atoms with Crippen molar-refractivity contribution < 1.29 is 9.42 Å².